The molecule has 0 amide bonds. The Kier molecular flexibility index (Phi) is 4.25. The van der Waals surface area contributed by atoms with Crippen molar-refractivity contribution in [2.24, 2.45) is 10.2 Å². The first-order valence-corrected chi connectivity index (χ1v) is 6.32. The van der Waals surface area contributed by atoms with Crippen molar-refractivity contribution in [3.8, 4) is 5.75 Å². The molecule has 0 atom stereocenters. The van der Waals surface area contributed by atoms with Crippen molar-refractivity contribution in [3.63, 3.8) is 0 Å². The zero-order valence-corrected chi connectivity index (χ0v) is 11.8. The number of esters is 1. The van der Waals surface area contributed by atoms with Gasteiger partial charge in [-0.3, -0.25) is 4.79 Å². The van der Waals surface area contributed by atoms with Crippen LogP contribution in [0.1, 0.15) is 18.1 Å². The third-order valence-electron chi connectivity index (χ3n) is 2.67. The van der Waals surface area contributed by atoms with Crippen molar-refractivity contribution in [1.82, 2.24) is 0 Å². The smallest absolute Gasteiger partial charge is 0.308 e. The highest BCUT2D eigenvalue weighted by atomic mass is 16.5. The minimum absolute atomic E-state index is 0.367. The molecule has 0 aromatic heterocycles. The highest BCUT2D eigenvalue weighted by molar-refractivity contribution is 5.73. The molecule has 0 fully saturated rings. The van der Waals surface area contributed by atoms with E-state index in [4.69, 9.17) is 4.74 Å². The fraction of sp³-hybridized carbons (Fsp3) is 0.188. The van der Waals surface area contributed by atoms with Crippen molar-refractivity contribution in [2.45, 2.75) is 20.8 Å². The van der Waals surface area contributed by atoms with Crippen molar-refractivity contribution in [3.05, 3.63) is 53.6 Å². The molecule has 0 radical (unpaired) electrons. The summed E-state index contributed by atoms with van der Waals surface area (Å²) in [7, 11) is 0. The van der Waals surface area contributed by atoms with Gasteiger partial charge in [-0.15, -0.1) is 5.11 Å². The molecule has 0 aliphatic carbocycles. The summed E-state index contributed by atoms with van der Waals surface area (Å²) < 4.78 is 5.23. The Labute approximate surface area is 118 Å². The van der Waals surface area contributed by atoms with Crippen LogP contribution in [0.3, 0.4) is 0 Å². The predicted molar refractivity (Wildman–Crippen MR) is 77.8 cm³/mol. The lowest BCUT2D eigenvalue weighted by molar-refractivity contribution is -0.131. The highest BCUT2D eigenvalue weighted by Crippen LogP contribution is 2.34. The number of rotatable bonds is 3. The minimum Gasteiger partial charge on any atom is -0.424 e. The van der Waals surface area contributed by atoms with Crippen molar-refractivity contribution >= 4 is 17.3 Å². The van der Waals surface area contributed by atoms with Crippen molar-refractivity contribution in [2.75, 3.05) is 0 Å². The van der Waals surface area contributed by atoms with Crippen LogP contribution in [0.4, 0.5) is 11.4 Å². The van der Waals surface area contributed by atoms with Crippen LogP contribution in [0.15, 0.2) is 52.7 Å². The molecule has 2 aromatic rings. The molecule has 0 heterocycles. The van der Waals surface area contributed by atoms with Gasteiger partial charge in [-0.2, -0.15) is 5.11 Å². The maximum Gasteiger partial charge on any atom is 0.308 e. The average Bonchev–Trinajstić information content (AvgIpc) is 2.40. The molecule has 0 bridgehead atoms. The molecule has 4 heteroatoms. The maximum absolute atomic E-state index is 11.2. The fourth-order valence-electron chi connectivity index (χ4n) is 1.89. The highest BCUT2D eigenvalue weighted by Gasteiger charge is 2.10. The van der Waals surface area contributed by atoms with E-state index in [2.05, 4.69) is 10.2 Å². The summed E-state index contributed by atoms with van der Waals surface area (Å²) in [6, 6.07) is 13.2. The molecule has 2 aromatic carbocycles. The van der Waals surface area contributed by atoms with Gasteiger partial charge in [-0.1, -0.05) is 24.3 Å². The van der Waals surface area contributed by atoms with E-state index in [1.807, 2.05) is 56.3 Å². The van der Waals surface area contributed by atoms with Gasteiger partial charge in [-0.25, -0.2) is 0 Å². The van der Waals surface area contributed by atoms with E-state index in [1.54, 1.807) is 0 Å². The molecule has 0 aliphatic rings. The zero-order chi connectivity index (χ0) is 14.5. The van der Waals surface area contributed by atoms with Crippen LogP contribution in [-0.4, -0.2) is 5.97 Å². The van der Waals surface area contributed by atoms with Crippen LogP contribution in [0.5, 0.6) is 5.75 Å². The van der Waals surface area contributed by atoms with Crippen LogP contribution < -0.4 is 4.74 Å². The van der Waals surface area contributed by atoms with E-state index >= 15 is 0 Å². The molecule has 20 heavy (non-hydrogen) atoms. The van der Waals surface area contributed by atoms with E-state index in [0.29, 0.717) is 11.4 Å². The SMILES string of the molecule is CC(=O)Oc1c(C)cc(C)cc1N=Nc1ccccc1. The summed E-state index contributed by atoms with van der Waals surface area (Å²) in [6.45, 7) is 5.22. The number of ether oxygens (including phenoxy) is 1. The first kappa shape index (κ1) is 13.9. The largest absolute Gasteiger partial charge is 0.424 e. The Morgan fingerprint density at radius 2 is 1.75 bits per heavy atom. The number of nitrogens with zero attached hydrogens (tertiary/aromatic N) is 2. The van der Waals surface area contributed by atoms with Gasteiger partial charge in [0.25, 0.3) is 0 Å². The number of aryl methyl sites for hydroxylation is 2. The van der Waals surface area contributed by atoms with E-state index in [1.165, 1.54) is 6.92 Å². The second-order valence-electron chi connectivity index (χ2n) is 4.56. The lowest BCUT2D eigenvalue weighted by Gasteiger charge is -2.09. The van der Waals surface area contributed by atoms with Gasteiger partial charge >= 0.3 is 5.97 Å². The number of benzene rings is 2. The number of hydrogen-bond acceptors (Lipinski definition) is 4. The van der Waals surface area contributed by atoms with Crippen LogP contribution in [-0.2, 0) is 4.79 Å². The second-order valence-corrected chi connectivity index (χ2v) is 4.56. The third-order valence-corrected chi connectivity index (χ3v) is 2.67. The first-order valence-electron chi connectivity index (χ1n) is 6.32. The predicted octanol–water partition coefficient (Wildman–Crippen LogP) is 4.64. The number of carbonyl (C=O) groups is 1. The molecule has 2 rings (SSSR count). The average molecular weight is 268 g/mol. The van der Waals surface area contributed by atoms with Crippen molar-refractivity contribution in [1.29, 1.82) is 0 Å². The Hall–Kier alpha value is -2.49. The summed E-state index contributed by atoms with van der Waals surface area (Å²) in [5.74, 6) is 0.0934. The van der Waals surface area contributed by atoms with Crippen LogP contribution >= 0.6 is 0 Å². The molecule has 102 valence electrons. The molecule has 0 aliphatic heterocycles. The van der Waals surface area contributed by atoms with E-state index in [-0.39, 0.29) is 5.97 Å². The second kappa shape index (κ2) is 6.10. The van der Waals surface area contributed by atoms with Crippen LogP contribution in [0.25, 0.3) is 0 Å². The van der Waals surface area contributed by atoms with E-state index < -0.39 is 0 Å². The van der Waals surface area contributed by atoms with Gasteiger partial charge < -0.3 is 4.74 Å². The summed E-state index contributed by atoms with van der Waals surface area (Å²) in [5.41, 5.74) is 3.21. The number of azo groups is 1. The minimum atomic E-state index is -0.367. The lowest BCUT2D eigenvalue weighted by atomic mass is 10.1. The molecule has 4 nitrogen and oxygen atoms in total. The first-order chi connectivity index (χ1) is 9.56. The fourth-order valence-corrected chi connectivity index (χ4v) is 1.89. The number of carbonyl (C=O) groups excluding carboxylic acids is 1. The molecule has 0 spiro atoms. The van der Waals surface area contributed by atoms with Gasteiger partial charge in [0, 0.05) is 6.92 Å². The quantitative estimate of drug-likeness (QED) is 0.462. The lowest BCUT2D eigenvalue weighted by Crippen LogP contribution is -2.03. The van der Waals surface area contributed by atoms with Gasteiger partial charge in [0.2, 0.25) is 0 Å². The Morgan fingerprint density at radius 3 is 2.40 bits per heavy atom. The summed E-state index contributed by atoms with van der Waals surface area (Å²) in [4.78, 5) is 11.2. The van der Waals surface area contributed by atoms with Gasteiger partial charge in [-0.05, 0) is 43.2 Å². The summed E-state index contributed by atoms with van der Waals surface area (Å²) in [6.07, 6.45) is 0. The Balaban J connectivity index is 2.39. The van der Waals surface area contributed by atoms with Crippen LogP contribution in [0, 0.1) is 13.8 Å². The summed E-state index contributed by atoms with van der Waals surface area (Å²) >= 11 is 0. The third kappa shape index (κ3) is 3.51. The van der Waals surface area contributed by atoms with E-state index in [9.17, 15) is 4.79 Å². The monoisotopic (exact) mass is 268 g/mol. The standard InChI is InChI=1S/C16H16N2O2/c1-11-9-12(2)16(20-13(3)19)15(10-11)18-17-14-7-5-4-6-8-14/h4-10H,1-3H3. The zero-order valence-electron chi connectivity index (χ0n) is 11.8. The molecular formula is C16H16N2O2. The molecule has 0 unspecified atom stereocenters. The Bertz CT molecular complexity index is 649. The van der Waals surface area contributed by atoms with Gasteiger partial charge in [0.1, 0.15) is 5.69 Å². The summed E-state index contributed by atoms with van der Waals surface area (Å²) in [5, 5.41) is 8.36. The van der Waals surface area contributed by atoms with Crippen LogP contribution in [0.2, 0.25) is 0 Å². The Morgan fingerprint density at radius 1 is 1.05 bits per heavy atom. The molecular weight excluding hydrogens is 252 g/mol. The van der Waals surface area contributed by atoms with Gasteiger partial charge in [0.05, 0.1) is 5.69 Å². The number of hydrogen-bond donors (Lipinski definition) is 0. The van der Waals surface area contributed by atoms with Gasteiger partial charge in [0.15, 0.2) is 5.75 Å². The maximum atomic E-state index is 11.2. The molecule has 0 N–H and O–H groups in total. The topological polar surface area (TPSA) is 51.0 Å². The van der Waals surface area contributed by atoms with E-state index in [0.717, 1.165) is 16.8 Å². The molecule has 0 saturated carbocycles. The van der Waals surface area contributed by atoms with Crippen molar-refractivity contribution < 1.29 is 9.53 Å². The normalized spacial score (nSPS) is 10.8. The molecule has 0 saturated heterocycles.